The number of amides is 1. The average molecular weight is 326 g/mol. The van der Waals surface area contributed by atoms with E-state index in [2.05, 4.69) is 15.6 Å². The highest BCUT2D eigenvalue weighted by Crippen LogP contribution is 2.19. The van der Waals surface area contributed by atoms with Crippen molar-refractivity contribution in [3.63, 3.8) is 0 Å². The Morgan fingerprint density at radius 2 is 2.09 bits per heavy atom. The lowest BCUT2D eigenvalue weighted by atomic mass is 9.93. The molecule has 1 amide bonds. The molecule has 3 rings (SSSR count). The molecule has 22 heavy (non-hydrogen) atoms. The SMILES string of the molecule is Cl.O=C(CCC1CCNCC1)Nc1ccc2oc(=O)[nH]c2c1. The topological polar surface area (TPSA) is 87.1 Å². The summed E-state index contributed by atoms with van der Waals surface area (Å²) < 4.78 is 4.92. The first-order valence-electron chi connectivity index (χ1n) is 7.34. The van der Waals surface area contributed by atoms with Gasteiger partial charge in [0.2, 0.25) is 5.91 Å². The molecule has 1 aliphatic heterocycles. The Balaban J connectivity index is 0.00000176. The maximum absolute atomic E-state index is 12.0. The normalized spacial score (nSPS) is 15.5. The van der Waals surface area contributed by atoms with Gasteiger partial charge in [-0.1, -0.05) is 0 Å². The monoisotopic (exact) mass is 325 g/mol. The molecule has 0 radical (unpaired) electrons. The van der Waals surface area contributed by atoms with Crippen LogP contribution in [0.25, 0.3) is 11.1 Å². The van der Waals surface area contributed by atoms with Crippen LogP contribution in [0.4, 0.5) is 5.69 Å². The Kier molecular flexibility index (Phi) is 5.63. The molecule has 7 heteroatoms. The summed E-state index contributed by atoms with van der Waals surface area (Å²) in [5.74, 6) is 0.169. The minimum Gasteiger partial charge on any atom is -0.408 e. The molecule has 1 aromatic carbocycles. The Morgan fingerprint density at radius 1 is 1.32 bits per heavy atom. The molecule has 1 aromatic heterocycles. The molecular weight excluding hydrogens is 306 g/mol. The number of hydrogen-bond acceptors (Lipinski definition) is 4. The lowest BCUT2D eigenvalue weighted by Crippen LogP contribution is -2.28. The highest BCUT2D eigenvalue weighted by molar-refractivity contribution is 5.92. The van der Waals surface area contributed by atoms with Crippen molar-refractivity contribution in [3.05, 3.63) is 28.7 Å². The third kappa shape index (κ3) is 4.11. The van der Waals surface area contributed by atoms with Gasteiger partial charge in [-0.3, -0.25) is 9.78 Å². The van der Waals surface area contributed by atoms with Gasteiger partial charge in [0.25, 0.3) is 0 Å². The van der Waals surface area contributed by atoms with Crippen LogP contribution in [0.1, 0.15) is 25.7 Å². The van der Waals surface area contributed by atoms with E-state index in [-0.39, 0.29) is 18.3 Å². The van der Waals surface area contributed by atoms with Crippen molar-refractivity contribution in [2.24, 2.45) is 5.92 Å². The Bertz CT molecular complexity index is 689. The fraction of sp³-hybridized carbons (Fsp3) is 0.467. The van der Waals surface area contributed by atoms with Crippen LogP contribution in [0.3, 0.4) is 0 Å². The standard InChI is InChI=1S/C15H19N3O3.ClH/c19-14(4-1-10-5-7-16-8-6-10)17-11-2-3-13-12(9-11)18-15(20)21-13;/h2-3,9-10,16H,1,4-8H2,(H,17,19)(H,18,20);1H. The van der Waals surface area contributed by atoms with Gasteiger partial charge in [0, 0.05) is 12.1 Å². The van der Waals surface area contributed by atoms with Gasteiger partial charge in [-0.2, -0.15) is 0 Å². The van der Waals surface area contributed by atoms with Crippen LogP contribution in [0.5, 0.6) is 0 Å². The first-order valence-corrected chi connectivity index (χ1v) is 7.34. The highest BCUT2D eigenvalue weighted by Gasteiger charge is 2.14. The minimum absolute atomic E-state index is 0. The summed E-state index contributed by atoms with van der Waals surface area (Å²) in [4.78, 5) is 25.6. The number of H-pyrrole nitrogens is 1. The second kappa shape index (κ2) is 7.47. The lowest BCUT2D eigenvalue weighted by molar-refractivity contribution is -0.116. The van der Waals surface area contributed by atoms with Crippen LogP contribution in [-0.4, -0.2) is 24.0 Å². The van der Waals surface area contributed by atoms with Crippen molar-refractivity contribution in [2.45, 2.75) is 25.7 Å². The summed E-state index contributed by atoms with van der Waals surface area (Å²) in [6.07, 6.45) is 3.76. The van der Waals surface area contributed by atoms with E-state index < -0.39 is 5.76 Å². The second-order valence-corrected chi connectivity index (χ2v) is 5.51. The largest absolute Gasteiger partial charge is 0.417 e. The smallest absolute Gasteiger partial charge is 0.408 e. The summed E-state index contributed by atoms with van der Waals surface area (Å²) in [7, 11) is 0. The maximum atomic E-state index is 12.0. The molecule has 0 unspecified atom stereocenters. The number of aromatic nitrogens is 1. The van der Waals surface area contributed by atoms with Crippen LogP contribution in [-0.2, 0) is 4.79 Å². The molecule has 1 saturated heterocycles. The predicted octanol–water partition coefficient (Wildman–Crippen LogP) is 2.26. The number of hydrogen-bond donors (Lipinski definition) is 3. The molecule has 0 saturated carbocycles. The third-order valence-corrected chi connectivity index (χ3v) is 3.94. The van der Waals surface area contributed by atoms with E-state index in [1.54, 1.807) is 18.2 Å². The quantitative estimate of drug-likeness (QED) is 0.804. The van der Waals surface area contributed by atoms with Gasteiger partial charge in [0.15, 0.2) is 5.58 Å². The van der Waals surface area contributed by atoms with E-state index in [4.69, 9.17) is 4.42 Å². The van der Waals surface area contributed by atoms with Gasteiger partial charge in [0.1, 0.15) is 0 Å². The molecule has 0 atom stereocenters. The van der Waals surface area contributed by atoms with E-state index in [1.165, 1.54) is 0 Å². The summed E-state index contributed by atoms with van der Waals surface area (Å²) >= 11 is 0. The van der Waals surface area contributed by atoms with Crippen molar-refractivity contribution < 1.29 is 9.21 Å². The Labute approximate surface area is 134 Å². The van der Waals surface area contributed by atoms with Crippen molar-refractivity contribution >= 4 is 35.1 Å². The van der Waals surface area contributed by atoms with Crippen molar-refractivity contribution in [1.82, 2.24) is 10.3 Å². The van der Waals surface area contributed by atoms with Crippen molar-refractivity contribution in [2.75, 3.05) is 18.4 Å². The molecular formula is C15H20ClN3O3. The number of carbonyl (C=O) groups excluding carboxylic acids is 1. The van der Waals surface area contributed by atoms with Crippen LogP contribution >= 0.6 is 12.4 Å². The van der Waals surface area contributed by atoms with Gasteiger partial charge in [-0.05, 0) is 56.5 Å². The molecule has 0 aliphatic carbocycles. The first-order chi connectivity index (χ1) is 10.2. The molecule has 0 bridgehead atoms. The summed E-state index contributed by atoms with van der Waals surface area (Å²) in [5, 5.41) is 6.19. The van der Waals surface area contributed by atoms with Crippen molar-refractivity contribution in [1.29, 1.82) is 0 Å². The van der Waals surface area contributed by atoms with Crippen LogP contribution in [0.15, 0.2) is 27.4 Å². The molecule has 3 N–H and O–H groups in total. The first kappa shape index (κ1) is 16.6. The van der Waals surface area contributed by atoms with E-state index in [0.717, 1.165) is 32.4 Å². The summed E-state index contributed by atoms with van der Waals surface area (Å²) in [5.41, 5.74) is 1.76. The third-order valence-electron chi connectivity index (χ3n) is 3.94. The number of rotatable bonds is 4. The van der Waals surface area contributed by atoms with Crippen LogP contribution in [0, 0.1) is 5.92 Å². The van der Waals surface area contributed by atoms with Gasteiger partial charge in [-0.25, -0.2) is 4.79 Å². The number of aromatic amines is 1. The van der Waals surface area contributed by atoms with E-state index in [1.807, 2.05) is 0 Å². The number of carbonyl (C=O) groups is 1. The molecule has 120 valence electrons. The van der Waals surface area contributed by atoms with E-state index in [0.29, 0.717) is 29.1 Å². The van der Waals surface area contributed by atoms with Gasteiger partial charge < -0.3 is 15.1 Å². The molecule has 2 heterocycles. The molecule has 6 nitrogen and oxygen atoms in total. The summed E-state index contributed by atoms with van der Waals surface area (Å²) in [6, 6.07) is 5.12. The zero-order chi connectivity index (χ0) is 14.7. The molecule has 2 aromatic rings. The number of oxazole rings is 1. The zero-order valence-corrected chi connectivity index (χ0v) is 13.0. The van der Waals surface area contributed by atoms with Crippen LogP contribution in [0.2, 0.25) is 0 Å². The number of fused-ring (bicyclic) bond motifs is 1. The number of nitrogens with one attached hydrogen (secondary N) is 3. The maximum Gasteiger partial charge on any atom is 0.417 e. The van der Waals surface area contributed by atoms with Gasteiger partial charge in [0.05, 0.1) is 5.52 Å². The highest BCUT2D eigenvalue weighted by atomic mass is 35.5. The fourth-order valence-corrected chi connectivity index (χ4v) is 2.76. The molecule has 1 aliphatic rings. The number of anilines is 1. The van der Waals surface area contributed by atoms with Gasteiger partial charge >= 0.3 is 5.76 Å². The van der Waals surface area contributed by atoms with Crippen LogP contribution < -0.4 is 16.4 Å². The summed E-state index contributed by atoms with van der Waals surface area (Å²) in [6.45, 7) is 2.10. The molecule has 0 spiro atoms. The Hall–Kier alpha value is -1.79. The number of piperidine rings is 1. The average Bonchev–Trinajstić information content (AvgIpc) is 2.85. The van der Waals surface area contributed by atoms with E-state index >= 15 is 0 Å². The lowest BCUT2D eigenvalue weighted by Gasteiger charge is -2.22. The number of benzene rings is 1. The number of halogens is 1. The minimum atomic E-state index is -0.487. The zero-order valence-electron chi connectivity index (χ0n) is 12.2. The fourth-order valence-electron chi connectivity index (χ4n) is 2.76. The molecule has 1 fully saturated rings. The second-order valence-electron chi connectivity index (χ2n) is 5.51. The Morgan fingerprint density at radius 3 is 2.86 bits per heavy atom. The predicted molar refractivity (Wildman–Crippen MR) is 87.5 cm³/mol. The van der Waals surface area contributed by atoms with Gasteiger partial charge in [-0.15, -0.1) is 12.4 Å². The van der Waals surface area contributed by atoms with Crippen molar-refractivity contribution in [3.8, 4) is 0 Å². The van der Waals surface area contributed by atoms with E-state index in [9.17, 15) is 9.59 Å².